The molecule has 3 aromatic rings. The molecule has 0 unspecified atom stereocenters. The van der Waals surface area contributed by atoms with E-state index in [-0.39, 0.29) is 11.5 Å². The van der Waals surface area contributed by atoms with Crippen molar-refractivity contribution in [1.29, 1.82) is 0 Å². The molecule has 0 fully saturated rings. The minimum atomic E-state index is -0.429. The van der Waals surface area contributed by atoms with E-state index >= 15 is 0 Å². The molecule has 0 aliphatic carbocycles. The van der Waals surface area contributed by atoms with Crippen LogP contribution in [-0.4, -0.2) is 22.3 Å². The fraction of sp³-hybridized carbons (Fsp3) is 0. The molecule has 0 aliphatic heterocycles. The number of hydrogen-bond acceptors (Lipinski definition) is 4. The van der Waals surface area contributed by atoms with Crippen molar-refractivity contribution in [2.45, 2.75) is 0 Å². The van der Waals surface area contributed by atoms with E-state index in [1.165, 1.54) is 29.7 Å². The van der Waals surface area contributed by atoms with Gasteiger partial charge in [-0.25, -0.2) is 9.82 Å². The Morgan fingerprint density at radius 1 is 1.30 bits per heavy atom. The van der Waals surface area contributed by atoms with Crippen molar-refractivity contribution in [2.24, 2.45) is 5.10 Å². The lowest BCUT2D eigenvalue weighted by molar-refractivity contribution is 0.0950. The number of rotatable bonds is 4. The van der Waals surface area contributed by atoms with Gasteiger partial charge in [0.05, 0.1) is 20.6 Å². The summed E-state index contributed by atoms with van der Waals surface area (Å²) in [5.41, 5.74) is 4.05. The van der Waals surface area contributed by atoms with Crippen LogP contribution in [0.4, 0.5) is 4.39 Å². The van der Waals surface area contributed by atoms with E-state index in [1.54, 1.807) is 18.2 Å². The summed E-state index contributed by atoms with van der Waals surface area (Å²) in [7, 11) is 0. The van der Waals surface area contributed by atoms with Crippen molar-refractivity contribution >= 4 is 39.4 Å². The van der Waals surface area contributed by atoms with Crippen molar-refractivity contribution in [3.8, 4) is 10.6 Å². The molecule has 1 amide bonds. The van der Waals surface area contributed by atoms with Gasteiger partial charge in [0.25, 0.3) is 5.91 Å². The maximum Gasteiger partial charge on any atom is 0.291 e. The molecule has 8 heteroatoms. The van der Waals surface area contributed by atoms with E-state index in [9.17, 15) is 9.18 Å². The van der Waals surface area contributed by atoms with Gasteiger partial charge in [-0.2, -0.15) is 10.2 Å². The standard InChI is InChI=1S/C15H10BrFN4OS/c16-14-6-5-13(23-14)11-7-12(20-19-11)15(22)21-18-8-9-1-3-10(17)4-2-9/h1-8H,(H,19,20)(H,21,22)/b18-8+. The summed E-state index contributed by atoms with van der Waals surface area (Å²) in [6.07, 6.45) is 1.43. The highest BCUT2D eigenvalue weighted by Gasteiger charge is 2.11. The van der Waals surface area contributed by atoms with Crippen molar-refractivity contribution in [3.05, 3.63) is 63.3 Å². The Kier molecular flexibility index (Phi) is 4.63. The SMILES string of the molecule is O=C(N/N=C/c1ccc(F)cc1)c1cc(-c2ccc(Br)s2)[nH]n1. The molecule has 2 N–H and O–H groups in total. The van der Waals surface area contributed by atoms with E-state index < -0.39 is 5.91 Å². The van der Waals surface area contributed by atoms with Gasteiger partial charge < -0.3 is 0 Å². The van der Waals surface area contributed by atoms with Gasteiger partial charge in [0.1, 0.15) is 5.82 Å². The number of nitrogens with one attached hydrogen (secondary N) is 2. The average molecular weight is 393 g/mol. The Morgan fingerprint density at radius 2 is 2.09 bits per heavy atom. The lowest BCUT2D eigenvalue weighted by Gasteiger charge is -1.95. The lowest BCUT2D eigenvalue weighted by atomic mass is 10.2. The number of hydrazone groups is 1. The summed E-state index contributed by atoms with van der Waals surface area (Å²) in [5.74, 6) is -0.753. The Balaban J connectivity index is 1.64. The van der Waals surface area contributed by atoms with Gasteiger partial charge in [0, 0.05) is 0 Å². The third-order valence-corrected chi connectivity index (χ3v) is 4.56. The van der Waals surface area contributed by atoms with Gasteiger partial charge in [-0.15, -0.1) is 11.3 Å². The fourth-order valence-corrected chi connectivity index (χ4v) is 3.15. The van der Waals surface area contributed by atoms with Crippen LogP contribution in [-0.2, 0) is 0 Å². The normalized spacial score (nSPS) is 11.0. The molecule has 0 atom stereocenters. The van der Waals surface area contributed by atoms with Crippen molar-refractivity contribution in [2.75, 3.05) is 0 Å². The molecule has 0 aliphatic rings. The van der Waals surface area contributed by atoms with Crippen LogP contribution in [0.2, 0.25) is 0 Å². The van der Waals surface area contributed by atoms with Gasteiger partial charge in [-0.3, -0.25) is 9.89 Å². The first kappa shape index (κ1) is 15.6. The summed E-state index contributed by atoms with van der Waals surface area (Å²) >= 11 is 4.92. The van der Waals surface area contributed by atoms with E-state index in [4.69, 9.17) is 0 Å². The molecule has 2 aromatic heterocycles. The number of hydrogen-bond donors (Lipinski definition) is 2. The second kappa shape index (κ2) is 6.84. The summed E-state index contributed by atoms with van der Waals surface area (Å²) in [6.45, 7) is 0. The van der Waals surface area contributed by atoms with Crippen LogP contribution in [0, 0.1) is 5.82 Å². The minimum Gasteiger partial charge on any atom is -0.276 e. The van der Waals surface area contributed by atoms with Crippen LogP contribution in [0.25, 0.3) is 10.6 Å². The molecule has 0 saturated heterocycles. The largest absolute Gasteiger partial charge is 0.291 e. The number of thiophene rings is 1. The number of halogens is 2. The monoisotopic (exact) mass is 392 g/mol. The van der Waals surface area contributed by atoms with Crippen LogP contribution in [0.3, 0.4) is 0 Å². The lowest BCUT2D eigenvalue weighted by Crippen LogP contribution is -2.17. The summed E-state index contributed by atoms with van der Waals surface area (Å²) < 4.78 is 13.8. The van der Waals surface area contributed by atoms with Crippen LogP contribution >= 0.6 is 27.3 Å². The number of H-pyrrole nitrogens is 1. The second-order valence-electron chi connectivity index (χ2n) is 4.52. The third kappa shape index (κ3) is 3.91. The predicted octanol–water partition coefficient (Wildman–Crippen LogP) is 3.80. The van der Waals surface area contributed by atoms with Crippen LogP contribution in [0.5, 0.6) is 0 Å². The molecule has 0 radical (unpaired) electrons. The molecule has 2 heterocycles. The first-order valence-electron chi connectivity index (χ1n) is 6.52. The quantitative estimate of drug-likeness (QED) is 0.523. The molecule has 0 bridgehead atoms. The Morgan fingerprint density at radius 3 is 2.78 bits per heavy atom. The van der Waals surface area contributed by atoms with E-state index in [2.05, 4.69) is 36.7 Å². The van der Waals surface area contributed by atoms with Gasteiger partial charge in [-0.1, -0.05) is 12.1 Å². The smallest absolute Gasteiger partial charge is 0.276 e. The first-order valence-corrected chi connectivity index (χ1v) is 8.13. The Bertz CT molecular complexity index is 857. The number of carbonyl (C=O) groups excluding carboxylic acids is 1. The zero-order valence-electron chi connectivity index (χ0n) is 11.6. The van der Waals surface area contributed by atoms with Gasteiger partial charge in [0.15, 0.2) is 5.69 Å². The molecule has 3 rings (SSSR count). The zero-order valence-corrected chi connectivity index (χ0v) is 14.0. The Hall–Kier alpha value is -2.32. The third-order valence-electron chi connectivity index (χ3n) is 2.90. The number of aromatic nitrogens is 2. The van der Waals surface area contributed by atoms with Crippen molar-refractivity contribution in [3.63, 3.8) is 0 Å². The zero-order chi connectivity index (χ0) is 16.2. The predicted molar refractivity (Wildman–Crippen MR) is 91.1 cm³/mol. The number of carbonyl (C=O) groups is 1. The van der Waals surface area contributed by atoms with Crippen LogP contribution in [0.15, 0.2) is 51.4 Å². The number of benzene rings is 1. The van der Waals surface area contributed by atoms with E-state index in [1.807, 2.05) is 12.1 Å². The molecule has 23 heavy (non-hydrogen) atoms. The highest BCUT2D eigenvalue weighted by molar-refractivity contribution is 9.11. The highest BCUT2D eigenvalue weighted by atomic mass is 79.9. The van der Waals surface area contributed by atoms with Crippen molar-refractivity contribution < 1.29 is 9.18 Å². The molecular weight excluding hydrogens is 383 g/mol. The molecule has 1 aromatic carbocycles. The molecule has 5 nitrogen and oxygen atoms in total. The summed E-state index contributed by atoms with van der Waals surface area (Å²) in [6, 6.07) is 11.3. The van der Waals surface area contributed by atoms with Gasteiger partial charge >= 0.3 is 0 Å². The molecule has 0 saturated carbocycles. The number of aromatic amines is 1. The van der Waals surface area contributed by atoms with Crippen LogP contribution < -0.4 is 5.43 Å². The number of nitrogens with zero attached hydrogens (tertiary/aromatic N) is 2. The number of amides is 1. The first-order chi connectivity index (χ1) is 11.1. The van der Waals surface area contributed by atoms with E-state index in [0.29, 0.717) is 5.56 Å². The molecular formula is C15H10BrFN4OS. The summed E-state index contributed by atoms with van der Waals surface area (Å²) in [5, 5.41) is 10.6. The molecule has 116 valence electrons. The van der Waals surface area contributed by atoms with Crippen molar-refractivity contribution in [1.82, 2.24) is 15.6 Å². The second-order valence-corrected chi connectivity index (χ2v) is 6.98. The topological polar surface area (TPSA) is 70.1 Å². The molecule has 0 spiro atoms. The fourth-order valence-electron chi connectivity index (χ4n) is 1.79. The minimum absolute atomic E-state index is 0.237. The maximum absolute atomic E-state index is 12.8. The summed E-state index contributed by atoms with van der Waals surface area (Å²) in [4.78, 5) is 12.9. The average Bonchev–Trinajstić information content (AvgIpc) is 3.18. The highest BCUT2D eigenvalue weighted by Crippen LogP contribution is 2.30. The van der Waals surface area contributed by atoms with Gasteiger partial charge in [-0.05, 0) is 51.8 Å². The van der Waals surface area contributed by atoms with Gasteiger partial charge in [0.2, 0.25) is 0 Å². The maximum atomic E-state index is 12.8. The Labute approximate surface area is 143 Å². The van der Waals surface area contributed by atoms with E-state index in [0.717, 1.165) is 14.4 Å². The van der Waals surface area contributed by atoms with Crippen LogP contribution in [0.1, 0.15) is 16.1 Å².